The molecule has 2 amide bonds. The Morgan fingerprint density at radius 2 is 1.73 bits per heavy atom. The minimum atomic E-state index is -1.59. The van der Waals surface area contributed by atoms with E-state index in [1.54, 1.807) is 36.2 Å². The molecule has 160 valence electrons. The molecule has 0 aliphatic carbocycles. The molecule has 0 unspecified atom stereocenters. The number of hydrogen-bond acceptors (Lipinski definition) is 2. The average Bonchev–Trinajstić information content (AvgIpc) is 2.76. The molecule has 2 N–H and O–H groups in total. The standard InChI is InChI=1S/C24H29FN2O3/c1-3-4-5-6-7-15-26-24(30)27(2)21-10-8-9-20(17-21)19-13-11-18(12-14-19)16-22(25)23(28)29/h8-14,16-17H,3-7,15H2,1-2H3,(H,26,30)(H,28,29)/b22-16-. The van der Waals surface area contributed by atoms with Crippen LogP contribution in [0.2, 0.25) is 0 Å². The molecule has 2 rings (SSSR count). The van der Waals surface area contributed by atoms with E-state index in [-0.39, 0.29) is 6.03 Å². The lowest BCUT2D eigenvalue weighted by molar-refractivity contribution is -0.134. The molecule has 0 fully saturated rings. The summed E-state index contributed by atoms with van der Waals surface area (Å²) in [6, 6.07) is 14.3. The number of rotatable bonds is 10. The van der Waals surface area contributed by atoms with Crippen molar-refractivity contribution >= 4 is 23.8 Å². The third-order valence-corrected chi connectivity index (χ3v) is 4.84. The smallest absolute Gasteiger partial charge is 0.364 e. The number of anilines is 1. The van der Waals surface area contributed by atoms with Gasteiger partial charge >= 0.3 is 12.0 Å². The molecule has 0 heterocycles. The van der Waals surface area contributed by atoms with Gasteiger partial charge in [0.05, 0.1) is 0 Å². The molecule has 0 saturated heterocycles. The number of carboxylic acid groups (broad SMARTS) is 1. The zero-order valence-electron chi connectivity index (χ0n) is 17.5. The van der Waals surface area contributed by atoms with Crippen molar-refractivity contribution in [2.45, 2.75) is 39.0 Å². The lowest BCUT2D eigenvalue weighted by Crippen LogP contribution is -2.37. The van der Waals surface area contributed by atoms with Gasteiger partial charge < -0.3 is 10.4 Å². The predicted molar refractivity (Wildman–Crippen MR) is 119 cm³/mol. The molecule has 2 aromatic carbocycles. The summed E-state index contributed by atoms with van der Waals surface area (Å²) in [5.74, 6) is -2.79. The number of aliphatic carboxylic acids is 1. The summed E-state index contributed by atoms with van der Waals surface area (Å²) in [5.41, 5.74) is 3.01. The SMILES string of the molecule is CCCCCCCNC(=O)N(C)c1cccc(-c2ccc(/C=C(\F)C(=O)O)cc2)c1. The van der Waals surface area contributed by atoms with Crippen molar-refractivity contribution in [3.8, 4) is 11.1 Å². The number of urea groups is 1. The van der Waals surface area contributed by atoms with Crippen molar-refractivity contribution in [1.82, 2.24) is 5.32 Å². The van der Waals surface area contributed by atoms with Crippen molar-refractivity contribution in [3.05, 3.63) is 59.9 Å². The molecule has 2 aromatic rings. The van der Waals surface area contributed by atoms with Crippen LogP contribution in [0.3, 0.4) is 0 Å². The topological polar surface area (TPSA) is 69.6 Å². The third kappa shape index (κ3) is 7.03. The molecule has 0 radical (unpaired) electrons. The Bertz CT molecular complexity index is 878. The van der Waals surface area contributed by atoms with Crippen LogP contribution in [0.25, 0.3) is 17.2 Å². The first-order valence-corrected chi connectivity index (χ1v) is 10.2. The van der Waals surface area contributed by atoms with Gasteiger partial charge in [0, 0.05) is 19.3 Å². The van der Waals surface area contributed by atoms with Gasteiger partial charge in [0.1, 0.15) is 0 Å². The highest BCUT2D eigenvalue weighted by Gasteiger charge is 2.11. The van der Waals surface area contributed by atoms with Crippen LogP contribution in [-0.2, 0) is 4.79 Å². The summed E-state index contributed by atoms with van der Waals surface area (Å²) in [7, 11) is 1.73. The van der Waals surface area contributed by atoms with Crippen molar-refractivity contribution in [3.63, 3.8) is 0 Å². The van der Waals surface area contributed by atoms with Gasteiger partial charge in [0.25, 0.3) is 0 Å². The summed E-state index contributed by atoms with van der Waals surface area (Å²) in [6.07, 6.45) is 6.69. The van der Waals surface area contributed by atoms with E-state index in [0.717, 1.165) is 35.7 Å². The number of nitrogens with zero attached hydrogens (tertiary/aromatic N) is 1. The van der Waals surface area contributed by atoms with Crippen LogP contribution in [0.1, 0.15) is 44.6 Å². The Labute approximate surface area is 177 Å². The summed E-state index contributed by atoms with van der Waals surface area (Å²) in [6.45, 7) is 2.84. The maximum absolute atomic E-state index is 13.2. The van der Waals surface area contributed by atoms with E-state index in [2.05, 4.69) is 12.2 Å². The Hall–Kier alpha value is -3.15. The average molecular weight is 413 g/mol. The Balaban J connectivity index is 2.00. The molecule has 0 aliphatic rings. The number of benzene rings is 2. The van der Waals surface area contributed by atoms with E-state index in [1.807, 2.05) is 24.3 Å². The number of nitrogens with one attached hydrogen (secondary N) is 1. The van der Waals surface area contributed by atoms with Crippen molar-refractivity contribution < 1.29 is 19.1 Å². The predicted octanol–water partition coefficient (Wildman–Crippen LogP) is 5.86. The zero-order chi connectivity index (χ0) is 21.9. The molecule has 0 aromatic heterocycles. The maximum Gasteiger partial charge on any atom is 0.364 e. The van der Waals surface area contributed by atoms with Crippen LogP contribution in [0.5, 0.6) is 0 Å². The van der Waals surface area contributed by atoms with E-state index in [9.17, 15) is 14.0 Å². The van der Waals surface area contributed by atoms with Gasteiger partial charge in [-0.1, -0.05) is 69.0 Å². The van der Waals surface area contributed by atoms with Gasteiger partial charge in [-0.05, 0) is 41.3 Å². The Morgan fingerprint density at radius 3 is 2.40 bits per heavy atom. The first-order chi connectivity index (χ1) is 14.4. The fraction of sp³-hybridized carbons (Fsp3) is 0.333. The van der Waals surface area contributed by atoms with E-state index < -0.39 is 11.8 Å². The normalized spacial score (nSPS) is 11.2. The van der Waals surface area contributed by atoms with Crippen LogP contribution in [0.15, 0.2) is 54.4 Å². The summed E-state index contributed by atoms with van der Waals surface area (Å²) >= 11 is 0. The molecule has 6 heteroatoms. The lowest BCUT2D eigenvalue weighted by atomic mass is 10.0. The van der Waals surface area contributed by atoms with E-state index in [1.165, 1.54) is 19.3 Å². The number of halogens is 1. The van der Waals surface area contributed by atoms with Crippen molar-refractivity contribution in [1.29, 1.82) is 0 Å². The van der Waals surface area contributed by atoms with Crippen LogP contribution in [-0.4, -0.2) is 30.7 Å². The minimum absolute atomic E-state index is 0.146. The Kier molecular flexibility index (Phi) is 9.06. The minimum Gasteiger partial charge on any atom is -0.476 e. The molecule has 0 saturated carbocycles. The maximum atomic E-state index is 13.2. The van der Waals surface area contributed by atoms with Gasteiger partial charge in [-0.25, -0.2) is 9.59 Å². The highest BCUT2D eigenvalue weighted by molar-refractivity contribution is 5.92. The number of amides is 2. The van der Waals surface area contributed by atoms with Crippen LogP contribution < -0.4 is 10.2 Å². The highest BCUT2D eigenvalue weighted by Crippen LogP contribution is 2.25. The van der Waals surface area contributed by atoms with Gasteiger partial charge in [-0.2, -0.15) is 4.39 Å². The number of unbranched alkanes of at least 4 members (excludes halogenated alkanes) is 4. The number of hydrogen-bond donors (Lipinski definition) is 2. The van der Waals surface area contributed by atoms with Gasteiger partial charge in [-0.3, -0.25) is 4.90 Å². The number of carboxylic acids is 1. The molecule has 5 nitrogen and oxygen atoms in total. The fourth-order valence-electron chi connectivity index (χ4n) is 3.03. The molecule has 0 aliphatic heterocycles. The summed E-state index contributed by atoms with van der Waals surface area (Å²) in [5, 5.41) is 11.6. The number of carbonyl (C=O) groups is 2. The zero-order valence-corrected chi connectivity index (χ0v) is 17.5. The van der Waals surface area contributed by atoms with Crippen LogP contribution in [0, 0.1) is 0 Å². The van der Waals surface area contributed by atoms with Gasteiger partial charge in [0.2, 0.25) is 5.83 Å². The van der Waals surface area contributed by atoms with Gasteiger partial charge in [-0.15, -0.1) is 0 Å². The molecular formula is C24H29FN2O3. The summed E-state index contributed by atoms with van der Waals surface area (Å²) in [4.78, 5) is 24.6. The summed E-state index contributed by atoms with van der Waals surface area (Å²) < 4.78 is 13.2. The van der Waals surface area contributed by atoms with Crippen molar-refractivity contribution in [2.24, 2.45) is 0 Å². The van der Waals surface area contributed by atoms with Crippen LogP contribution >= 0.6 is 0 Å². The quantitative estimate of drug-likeness (QED) is 0.379. The molecule has 0 bridgehead atoms. The second-order valence-corrected chi connectivity index (χ2v) is 7.17. The number of carbonyl (C=O) groups excluding carboxylic acids is 1. The largest absolute Gasteiger partial charge is 0.476 e. The lowest BCUT2D eigenvalue weighted by Gasteiger charge is -2.19. The monoisotopic (exact) mass is 412 g/mol. The first kappa shape index (κ1) is 23.1. The van der Waals surface area contributed by atoms with E-state index >= 15 is 0 Å². The third-order valence-electron chi connectivity index (χ3n) is 4.84. The fourth-order valence-corrected chi connectivity index (χ4v) is 3.03. The van der Waals surface area contributed by atoms with E-state index in [0.29, 0.717) is 12.1 Å². The second kappa shape index (κ2) is 11.8. The molecule has 30 heavy (non-hydrogen) atoms. The molecule has 0 spiro atoms. The highest BCUT2D eigenvalue weighted by atomic mass is 19.1. The first-order valence-electron chi connectivity index (χ1n) is 10.2. The molecule has 0 atom stereocenters. The Morgan fingerprint density at radius 1 is 1.03 bits per heavy atom. The van der Waals surface area contributed by atoms with Crippen molar-refractivity contribution in [2.75, 3.05) is 18.5 Å². The van der Waals surface area contributed by atoms with Crippen LogP contribution in [0.4, 0.5) is 14.9 Å². The molecular weight excluding hydrogens is 383 g/mol. The van der Waals surface area contributed by atoms with Gasteiger partial charge in [0.15, 0.2) is 0 Å². The van der Waals surface area contributed by atoms with E-state index in [4.69, 9.17) is 5.11 Å². The second-order valence-electron chi connectivity index (χ2n) is 7.17.